The molecule has 0 atom stereocenters. The van der Waals surface area contributed by atoms with Crippen LogP contribution in [0.15, 0.2) is 29.3 Å². The number of nitrogens with two attached hydrogens (primary N) is 1. The van der Waals surface area contributed by atoms with Crippen molar-refractivity contribution in [3.05, 3.63) is 46.3 Å². The van der Waals surface area contributed by atoms with Crippen molar-refractivity contribution < 1.29 is 0 Å². The van der Waals surface area contributed by atoms with E-state index in [-0.39, 0.29) is 5.56 Å². The second-order valence-electron chi connectivity index (χ2n) is 3.40. The van der Waals surface area contributed by atoms with E-state index in [1.54, 1.807) is 6.07 Å². The molecular formula is C10H11N5O. The van der Waals surface area contributed by atoms with Crippen LogP contribution >= 0.6 is 0 Å². The van der Waals surface area contributed by atoms with Crippen LogP contribution in [0.1, 0.15) is 11.4 Å². The minimum atomic E-state index is -0.163. The predicted octanol–water partition coefficient (Wildman–Crippen LogP) is -0.0278. The SMILES string of the molecule is Cc1ccc(=O)n(Cc2cnc(N)cn2)n1. The highest BCUT2D eigenvalue weighted by Gasteiger charge is 2.01. The van der Waals surface area contributed by atoms with E-state index in [0.717, 1.165) is 5.69 Å². The van der Waals surface area contributed by atoms with Crippen molar-refractivity contribution in [3.8, 4) is 0 Å². The second-order valence-corrected chi connectivity index (χ2v) is 3.40. The van der Waals surface area contributed by atoms with E-state index in [1.807, 2.05) is 6.92 Å². The zero-order valence-electron chi connectivity index (χ0n) is 8.79. The van der Waals surface area contributed by atoms with Crippen LogP contribution < -0.4 is 11.3 Å². The fourth-order valence-corrected chi connectivity index (χ4v) is 1.26. The summed E-state index contributed by atoms with van der Waals surface area (Å²) in [6.45, 7) is 2.12. The molecule has 0 radical (unpaired) electrons. The fourth-order valence-electron chi connectivity index (χ4n) is 1.26. The number of hydrogen-bond donors (Lipinski definition) is 1. The van der Waals surface area contributed by atoms with Crippen molar-refractivity contribution >= 4 is 5.82 Å². The van der Waals surface area contributed by atoms with Crippen LogP contribution in [0.25, 0.3) is 0 Å². The number of aromatic nitrogens is 4. The quantitative estimate of drug-likeness (QED) is 0.763. The van der Waals surface area contributed by atoms with Gasteiger partial charge in [-0.2, -0.15) is 5.10 Å². The summed E-state index contributed by atoms with van der Waals surface area (Å²) in [5.74, 6) is 0.355. The second kappa shape index (κ2) is 4.09. The highest BCUT2D eigenvalue weighted by molar-refractivity contribution is 5.22. The molecule has 6 heteroatoms. The number of aryl methyl sites for hydroxylation is 1. The molecule has 16 heavy (non-hydrogen) atoms. The Morgan fingerprint density at radius 3 is 2.81 bits per heavy atom. The van der Waals surface area contributed by atoms with Gasteiger partial charge in [-0.3, -0.25) is 9.78 Å². The van der Waals surface area contributed by atoms with Gasteiger partial charge < -0.3 is 5.73 Å². The van der Waals surface area contributed by atoms with Gasteiger partial charge in [-0.1, -0.05) is 0 Å². The van der Waals surface area contributed by atoms with E-state index in [2.05, 4.69) is 15.1 Å². The first-order valence-electron chi connectivity index (χ1n) is 4.76. The number of rotatable bonds is 2. The molecule has 2 N–H and O–H groups in total. The van der Waals surface area contributed by atoms with Gasteiger partial charge in [0.05, 0.1) is 30.3 Å². The van der Waals surface area contributed by atoms with Crippen molar-refractivity contribution in [1.82, 2.24) is 19.7 Å². The van der Waals surface area contributed by atoms with E-state index < -0.39 is 0 Å². The number of nitrogen functional groups attached to an aromatic ring is 1. The molecule has 0 aliphatic carbocycles. The number of nitrogens with zero attached hydrogens (tertiary/aromatic N) is 4. The van der Waals surface area contributed by atoms with Gasteiger partial charge in [-0.05, 0) is 13.0 Å². The van der Waals surface area contributed by atoms with Crippen molar-refractivity contribution in [2.24, 2.45) is 0 Å². The van der Waals surface area contributed by atoms with Crippen molar-refractivity contribution in [2.75, 3.05) is 5.73 Å². The summed E-state index contributed by atoms with van der Waals surface area (Å²) >= 11 is 0. The topological polar surface area (TPSA) is 86.7 Å². The molecular weight excluding hydrogens is 206 g/mol. The lowest BCUT2D eigenvalue weighted by Crippen LogP contribution is -2.23. The Labute approximate surface area is 91.8 Å². The normalized spacial score (nSPS) is 10.3. The molecule has 6 nitrogen and oxygen atoms in total. The van der Waals surface area contributed by atoms with Gasteiger partial charge in [-0.25, -0.2) is 9.67 Å². The van der Waals surface area contributed by atoms with Gasteiger partial charge in [0, 0.05) is 6.07 Å². The van der Waals surface area contributed by atoms with Crippen molar-refractivity contribution in [1.29, 1.82) is 0 Å². The molecule has 82 valence electrons. The Bertz CT molecular complexity index is 546. The van der Waals surface area contributed by atoms with Gasteiger partial charge >= 0.3 is 0 Å². The van der Waals surface area contributed by atoms with Crippen LogP contribution in [-0.2, 0) is 6.54 Å². The summed E-state index contributed by atoms with van der Waals surface area (Å²) in [5.41, 5.74) is 6.68. The summed E-state index contributed by atoms with van der Waals surface area (Å²) in [5, 5.41) is 4.10. The summed E-state index contributed by atoms with van der Waals surface area (Å²) in [6.07, 6.45) is 2.99. The van der Waals surface area contributed by atoms with E-state index in [1.165, 1.54) is 23.1 Å². The largest absolute Gasteiger partial charge is 0.382 e. The maximum atomic E-state index is 11.5. The highest BCUT2D eigenvalue weighted by atomic mass is 16.1. The summed E-state index contributed by atoms with van der Waals surface area (Å²) in [7, 11) is 0. The third-order valence-electron chi connectivity index (χ3n) is 2.04. The van der Waals surface area contributed by atoms with Gasteiger partial charge in [0.25, 0.3) is 5.56 Å². The van der Waals surface area contributed by atoms with Crippen LogP contribution in [0.5, 0.6) is 0 Å². The minimum Gasteiger partial charge on any atom is -0.382 e. The average molecular weight is 217 g/mol. The van der Waals surface area contributed by atoms with Crippen LogP contribution in [0.2, 0.25) is 0 Å². The Kier molecular flexibility index (Phi) is 2.63. The molecule has 0 spiro atoms. The Balaban J connectivity index is 2.30. The molecule has 0 fully saturated rings. The first-order chi connectivity index (χ1) is 7.65. The number of anilines is 1. The highest BCUT2D eigenvalue weighted by Crippen LogP contribution is 1.97. The molecule has 2 aromatic rings. The summed E-state index contributed by atoms with van der Waals surface area (Å²) in [6, 6.07) is 3.15. The average Bonchev–Trinajstić information content (AvgIpc) is 2.27. The van der Waals surface area contributed by atoms with E-state index in [4.69, 9.17) is 5.73 Å². The van der Waals surface area contributed by atoms with E-state index in [0.29, 0.717) is 18.1 Å². The molecule has 0 bridgehead atoms. The fraction of sp³-hybridized carbons (Fsp3) is 0.200. The molecule has 0 aliphatic heterocycles. The predicted molar refractivity (Wildman–Crippen MR) is 58.8 cm³/mol. The van der Waals surface area contributed by atoms with Crippen LogP contribution in [0.4, 0.5) is 5.82 Å². The maximum absolute atomic E-state index is 11.5. The number of hydrogen-bond acceptors (Lipinski definition) is 5. The standard InChI is InChI=1S/C10H11N5O/c1-7-2-3-10(16)15(14-7)6-8-4-13-9(11)5-12-8/h2-5H,6H2,1H3,(H2,11,13). The van der Waals surface area contributed by atoms with Gasteiger partial charge in [0.1, 0.15) is 5.82 Å². The monoisotopic (exact) mass is 217 g/mol. The molecule has 0 aliphatic rings. The molecule has 0 saturated heterocycles. The molecule has 0 unspecified atom stereocenters. The maximum Gasteiger partial charge on any atom is 0.267 e. The van der Waals surface area contributed by atoms with Gasteiger partial charge in [-0.15, -0.1) is 0 Å². The van der Waals surface area contributed by atoms with Crippen LogP contribution in [0, 0.1) is 6.92 Å². The third kappa shape index (κ3) is 2.22. The smallest absolute Gasteiger partial charge is 0.267 e. The van der Waals surface area contributed by atoms with Crippen LogP contribution in [0.3, 0.4) is 0 Å². The summed E-state index contributed by atoms with van der Waals surface area (Å²) in [4.78, 5) is 19.4. The Morgan fingerprint density at radius 2 is 2.12 bits per heavy atom. The third-order valence-corrected chi connectivity index (χ3v) is 2.04. The van der Waals surface area contributed by atoms with E-state index >= 15 is 0 Å². The Hall–Kier alpha value is -2.24. The lowest BCUT2D eigenvalue weighted by Gasteiger charge is -2.04. The van der Waals surface area contributed by atoms with Crippen molar-refractivity contribution in [3.63, 3.8) is 0 Å². The molecule has 0 saturated carbocycles. The van der Waals surface area contributed by atoms with Crippen molar-refractivity contribution in [2.45, 2.75) is 13.5 Å². The molecule has 2 heterocycles. The Morgan fingerprint density at radius 1 is 1.31 bits per heavy atom. The molecule has 2 rings (SSSR count). The summed E-state index contributed by atoms with van der Waals surface area (Å²) < 4.78 is 1.34. The molecule has 0 aromatic carbocycles. The first-order valence-corrected chi connectivity index (χ1v) is 4.76. The van der Waals surface area contributed by atoms with Gasteiger partial charge in [0.15, 0.2) is 0 Å². The molecule has 2 aromatic heterocycles. The minimum absolute atomic E-state index is 0.163. The zero-order valence-corrected chi connectivity index (χ0v) is 8.79. The van der Waals surface area contributed by atoms with Gasteiger partial charge in [0.2, 0.25) is 0 Å². The van der Waals surface area contributed by atoms with Crippen LogP contribution in [-0.4, -0.2) is 19.7 Å². The zero-order chi connectivity index (χ0) is 11.5. The molecule has 0 amide bonds. The lowest BCUT2D eigenvalue weighted by atomic mass is 10.4. The van der Waals surface area contributed by atoms with E-state index in [9.17, 15) is 4.79 Å². The first kappa shape index (κ1) is 10.3. The lowest BCUT2D eigenvalue weighted by molar-refractivity contribution is 0.616.